The van der Waals surface area contributed by atoms with E-state index in [1.165, 1.54) is 28.3 Å². The van der Waals surface area contributed by atoms with E-state index in [-0.39, 0.29) is 17.1 Å². The number of carbonyl (C=O) groups excluding carboxylic acids is 1. The van der Waals surface area contributed by atoms with E-state index in [1.54, 1.807) is 24.7 Å². The fraction of sp³-hybridized carbons (Fsp3) is 0.118. The number of aromatic amines is 1. The lowest BCUT2D eigenvalue weighted by Crippen LogP contribution is -2.14. The number of aromatic nitrogens is 4. The van der Waals surface area contributed by atoms with Gasteiger partial charge in [0.15, 0.2) is 0 Å². The zero-order valence-electron chi connectivity index (χ0n) is 13.8. The molecule has 4 rings (SSSR count). The maximum atomic E-state index is 13.3. The number of aryl methyl sites for hydroxylation is 1. The zero-order valence-corrected chi connectivity index (χ0v) is 14.6. The Morgan fingerprint density at radius 2 is 2.04 bits per heavy atom. The molecule has 27 heavy (non-hydrogen) atoms. The van der Waals surface area contributed by atoms with E-state index in [4.69, 9.17) is 0 Å². The largest absolute Gasteiger partial charge is 0.416 e. The van der Waals surface area contributed by atoms with Gasteiger partial charge in [-0.2, -0.15) is 13.2 Å². The molecule has 1 aromatic carbocycles. The van der Waals surface area contributed by atoms with Gasteiger partial charge in [0.1, 0.15) is 11.3 Å². The zero-order chi connectivity index (χ0) is 19.2. The number of nitrogens with one attached hydrogen (secondary N) is 2. The Morgan fingerprint density at radius 1 is 1.22 bits per heavy atom. The number of H-pyrrole nitrogens is 1. The molecule has 2 N–H and O–H groups in total. The molecule has 0 saturated carbocycles. The Hall–Kier alpha value is -3.14. The number of hydrogen-bond donors (Lipinski definition) is 2. The maximum absolute atomic E-state index is 13.3. The number of hydrogen-bond acceptors (Lipinski definition) is 4. The second-order valence-corrected chi connectivity index (χ2v) is 6.78. The molecule has 138 valence electrons. The van der Waals surface area contributed by atoms with Crippen LogP contribution in [0.25, 0.3) is 16.0 Å². The van der Waals surface area contributed by atoms with Gasteiger partial charge in [0.05, 0.1) is 27.8 Å². The van der Waals surface area contributed by atoms with E-state index in [0.717, 1.165) is 16.8 Å². The minimum absolute atomic E-state index is 0.0297. The standard InChI is InChI=1S/C17H12F3N5OS/c1-9-6-25(7-21-9)12-3-10(17(18,19)20)2-11(4-12)23-16(26)13-5-14-15(24-13)22-8-27-14/h2-8,24H,1H3,(H,23,26). The van der Waals surface area contributed by atoms with Gasteiger partial charge in [-0.15, -0.1) is 11.3 Å². The molecule has 0 saturated heterocycles. The van der Waals surface area contributed by atoms with Crippen molar-refractivity contribution in [3.8, 4) is 5.69 Å². The van der Waals surface area contributed by atoms with Gasteiger partial charge < -0.3 is 14.9 Å². The van der Waals surface area contributed by atoms with Crippen molar-refractivity contribution in [3.63, 3.8) is 0 Å². The quantitative estimate of drug-likeness (QED) is 0.544. The number of benzene rings is 1. The van der Waals surface area contributed by atoms with Crippen molar-refractivity contribution < 1.29 is 18.0 Å². The van der Waals surface area contributed by atoms with Gasteiger partial charge in [-0.05, 0) is 31.2 Å². The fourth-order valence-electron chi connectivity index (χ4n) is 2.63. The molecule has 0 aliphatic carbocycles. The van der Waals surface area contributed by atoms with Crippen LogP contribution in [0, 0.1) is 6.92 Å². The lowest BCUT2D eigenvalue weighted by atomic mass is 10.1. The van der Waals surface area contributed by atoms with Gasteiger partial charge >= 0.3 is 6.18 Å². The number of carbonyl (C=O) groups is 1. The van der Waals surface area contributed by atoms with Crippen molar-refractivity contribution in [1.29, 1.82) is 0 Å². The van der Waals surface area contributed by atoms with Crippen molar-refractivity contribution in [2.75, 3.05) is 5.32 Å². The SMILES string of the molecule is Cc1cn(-c2cc(NC(=O)c3cc4scnc4[nH]3)cc(C(F)(F)F)c2)cn1. The molecule has 4 aromatic rings. The van der Waals surface area contributed by atoms with E-state index >= 15 is 0 Å². The summed E-state index contributed by atoms with van der Waals surface area (Å²) in [5, 5.41) is 2.51. The molecule has 0 atom stereocenters. The maximum Gasteiger partial charge on any atom is 0.416 e. The summed E-state index contributed by atoms with van der Waals surface area (Å²) < 4.78 is 42.1. The molecule has 6 nitrogen and oxygen atoms in total. The van der Waals surface area contributed by atoms with Crippen LogP contribution < -0.4 is 5.32 Å². The van der Waals surface area contributed by atoms with Crippen molar-refractivity contribution in [3.05, 3.63) is 59.3 Å². The Morgan fingerprint density at radius 3 is 2.70 bits per heavy atom. The molecule has 0 aliphatic rings. The molecule has 10 heteroatoms. The van der Waals surface area contributed by atoms with Crippen LogP contribution in [0.2, 0.25) is 0 Å². The normalized spacial score (nSPS) is 11.9. The van der Waals surface area contributed by atoms with Gasteiger partial charge in [0, 0.05) is 17.6 Å². The summed E-state index contributed by atoms with van der Waals surface area (Å²) in [6, 6.07) is 4.97. The lowest BCUT2D eigenvalue weighted by Gasteiger charge is -2.13. The second kappa shape index (κ2) is 6.23. The number of nitrogens with zero attached hydrogens (tertiary/aromatic N) is 3. The highest BCUT2D eigenvalue weighted by Gasteiger charge is 2.31. The van der Waals surface area contributed by atoms with E-state index in [9.17, 15) is 18.0 Å². The monoisotopic (exact) mass is 391 g/mol. The first kappa shape index (κ1) is 17.3. The van der Waals surface area contributed by atoms with Crippen LogP contribution in [0.3, 0.4) is 0 Å². The first-order chi connectivity index (χ1) is 12.8. The van der Waals surface area contributed by atoms with Gasteiger partial charge in [-0.25, -0.2) is 9.97 Å². The molecule has 0 radical (unpaired) electrons. The van der Waals surface area contributed by atoms with Crippen LogP contribution in [0.15, 0.2) is 42.3 Å². The van der Waals surface area contributed by atoms with Gasteiger partial charge in [-0.1, -0.05) is 0 Å². The molecule has 0 aliphatic heterocycles. The summed E-state index contributed by atoms with van der Waals surface area (Å²) >= 11 is 1.36. The number of halogens is 3. The molecule has 0 fully saturated rings. The van der Waals surface area contributed by atoms with Crippen LogP contribution in [0.4, 0.5) is 18.9 Å². The smallest absolute Gasteiger partial charge is 0.334 e. The van der Waals surface area contributed by atoms with Gasteiger partial charge in [0.25, 0.3) is 5.91 Å². The number of thiazole rings is 1. The van der Waals surface area contributed by atoms with Gasteiger partial charge in [-0.3, -0.25) is 4.79 Å². The molecule has 0 unspecified atom stereocenters. The highest BCUT2D eigenvalue weighted by atomic mass is 32.1. The highest BCUT2D eigenvalue weighted by molar-refractivity contribution is 7.16. The van der Waals surface area contributed by atoms with Crippen molar-refractivity contribution in [1.82, 2.24) is 19.5 Å². The van der Waals surface area contributed by atoms with Gasteiger partial charge in [0.2, 0.25) is 0 Å². The minimum atomic E-state index is -4.55. The van der Waals surface area contributed by atoms with Crippen LogP contribution in [0.5, 0.6) is 0 Å². The number of anilines is 1. The van der Waals surface area contributed by atoms with Crippen molar-refractivity contribution in [2.45, 2.75) is 13.1 Å². The lowest BCUT2D eigenvalue weighted by molar-refractivity contribution is -0.137. The van der Waals surface area contributed by atoms with Crippen LogP contribution in [0.1, 0.15) is 21.7 Å². The van der Waals surface area contributed by atoms with E-state index in [0.29, 0.717) is 11.3 Å². The molecule has 3 heterocycles. The molecule has 1 amide bonds. The third-order valence-corrected chi connectivity index (χ3v) is 4.66. The first-order valence-corrected chi connectivity index (χ1v) is 8.64. The summed E-state index contributed by atoms with van der Waals surface area (Å²) in [6.07, 6.45) is -1.53. The fourth-order valence-corrected chi connectivity index (χ4v) is 3.30. The third kappa shape index (κ3) is 3.43. The summed E-state index contributed by atoms with van der Waals surface area (Å²) in [4.78, 5) is 23.3. The van der Waals surface area contributed by atoms with E-state index in [2.05, 4.69) is 20.3 Å². The topological polar surface area (TPSA) is 75.6 Å². The van der Waals surface area contributed by atoms with Crippen LogP contribution >= 0.6 is 11.3 Å². The number of alkyl halides is 3. The van der Waals surface area contributed by atoms with Crippen molar-refractivity contribution in [2.24, 2.45) is 0 Å². The number of amides is 1. The summed E-state index contributed by atoms with van der Waals surface area (Å²) in [6.45, 7) is 1.73. The Bertz CT molecular complexity index is 1110. The third-order valence-electron chi connectivity index (χ3n) is 3.88. The Balaban J connectivity index is 1.70. The first-order valence-electron chi connectivity index (χ1n) is 7.76. The number of fused-ring (bicyclic) bond motifs is 1. The highest BCUT2D eigenvalue weighted by Crippen LogP contribution is 2.33. The summed E-state index contributed by atoms with van der Waals surface area (Å²) in [5.41, 5.74) is 2.49. The van der Waals surface area contributed by atoms with E-state index < -0.39 is 17.6 Å². The second-order valence-electron chi connectivity index (χ2n) is 5.89. The molecular formula is C17H12F3N5OS. The van der Waals surface area contributed by atoms with E-state index in [1.807, 2.05) is 0 Å². The predicted octanol–water partition coefficient (Wildman–Crippen LogP) is 4.39. The molecule has 0 bridgehead atoms. The summed E-state index contributed by atoms with van der Waals surface area (Å²) in [7, 11) is 0. The van der Waals surface area contributed by atoms with Crippen LogP contribution in [-0.4, -0.2) is 25.4 Å². The molecule has 3 aromatic heterocycles. The number of rotatable bonds is 3. The molecular weight excluding hydrogens is 379 g/mol. The Labute approximate surface area is 154 Å². The summed E-state index contributed by atoms with van der Waals surface area (Å²) in [5.74, 6) is -0.549. The predicted molar refractivity (Wildman–Crippen MR) is 95.2 cm³/mol. The molecule has 0 spiro atoms. The van der Waals surface area contributed by atoms with Crippen LogP contribution in [-0.2, 0) is 6.18 Å². The minimum Gasteiger partial charge on any atom is -0.334 e. The number of imidazole rings is 1. The average molecular weight is 391 g/mol. The van der Waals surface area contributed by atoms with Crippen molar-refractivity contribution >= 4 is 33.3 Å². The Kier molecular flexibility index (Phi) is 3.99. The average Bonchev–Trinajstić information content (AvgIpc) is 3.29.